The van der Waals surface area contributed by atoms with Crippen molar-refractivity contribution in [2.24, 2.45) is 0 Å². The standard InChI is InChI=1S/C17H17N3O5S2/c1-20(10-12-3-5-13-14(7-12)19-26-18-13)27(23,24)16-8-11(9-17(21)22)4-6-15(16)25-2/h3-8H,9-10H2,1-2H3,(H,21,22). The first kappa shape index (κ1) is 19.2. The number of aromatic nitrogens is 2. The monoisotopic (exact) mass is 407 g/mol. The summed E-state index contributed by atoms with van der Waals surface area (Å²) in [7, 11) is -1.07. The predicted octanol–water partition coefficient (Wildman–Crippen LogP) is 2.15. The lowest BCUT2D eigenvalue weighted by atomic mass is 10.1. The average Bonchev–Trinajstić information content (AvgIpc) is 3.08. The van der Waals surface area contributed by atoms with Crippen LogP contribution in [0.3, 0.4) is 0 Å². The molecule has 0 aliphatic heterocycles. The lowest BCUT2D eigenvalue weighted by molar-refractivity contribution is -0.136. The third-order valence-corrected chi connectivity index (χ3v) is 6.38. The molecule has 0 radical (unpaired) electrons. The van der Waals surface area contributed by atoms with Gasteiger partial charge in [-0.15, -0.1) is 0 Å². The van der Waals surface area contributed by atoms with Gasteiger partial charge in [0.15, 0.2) is 0 Å². The maximum atomic E-state index is 13.0. The fraction of sp³-hybridized carbons (Fsp3) is 0.235. The van der Waals surface area contributed by atoms with Gasteiger partial charge in [-0.25, -0.2) is 8.42 Å². The summed E-state index contributed by atoms with van der Waals surface area (Å²) in [6.45, 7) is 0.127. The highest BCUT2D eigenvalue weighted by Gasteiger charge is 2.26. The third-order valence-electron chi connectivity index (χ3n) is 4.00. The van der Waals surface area contributed by atoms with Crippen molar-refractivity contribution in [2.45, 2.75) is 17.9 Å². The van der Waals surface area contributed by atoms with Crippen LogP contribution in [0.5, 0.6) is 5.75 Å². The Morgan fingerprint density at radius 2 is 1.85 bits per heavy atom. The third kappa shape index (κ3) is 4.07. The van der Waals surface area contributed by atoms with E-state index in [-0.39, 0.29) is 23.6 Å². The maximum Gasteiger partial charge on any atom is 0.307 e. The molecule has 0 saturated carbocycles. The summed E-state index contributed by atoms with van der Waals surface area (Å²) in [6.07, 6.45) is -0.274. The Kier molecular flexibility index (Phi) is 5.40. The molecule has 0 amide bonds. The Bertz CT molecular complexity index is 1090. The number of carboxylic acids is 1. The van der Waals surface area contributed by atoms with Crippen LogP contribution in [-0.2, 0) is 27.8 Å². The zero-order valence-electron chi connectivity index (χ0n) is 14.6. The first-order valence-electron chi connectivity index (χ1n) is 7.87. The molecule has 10 heteroatoms. The summed E-state index contributed by atoms with van der Waals surface area (Å²) in [5.74, 6) is -0.878. The number of benzene rings is 2. The van der Waals surface area contributed by atoms with Gasteiger partial charge in [-0.3, -0.25) is 4.79 Å². The van der Waals surface area contributed by atoms with Crippen LogP contribution in [0.1, 0.15) is 11.1 Å². The Balaban J connectivity index is 1.92. The van der Waals surface area contributed by atoms with Gasteiger partial charge in [-0.05, 0) is 35.4 Å². The second-order valence-electron chi connectivity index (χ2n) is 5.90. The number of fused-ring (bicyclic) bond motifs is 1. The molecule has 27 heavy (non-hydrogen) atoms. The van der Waals surface area contributed by atoms with E-state index >= 15 is 0 Å². The summed E-state index contributed by atoms with van der Waals surface area (Å²) in [5.41, 5.74) is 2.62. The van der Waals surface area contributed by atoms with Crippen molar-refractivity contribution in [1.29, 1.82) is 0 Å². The molecular weight excluding hydrogens is 390 g/mol. The van der Waals surface area contributed by atoms with E-state index in [4.69, 9.17) is 9.84 Å². The molecule has 2 aromatic carbocycles. The number of carboxylic acid groups (broad SMARTS) is 1. The minimum atomic E-state index is -3.90. The lowest BCUT2D eigenvalue weighted by Gasteiger charge is -2.19. The molecule has 0 spiro atoms. The molecule has 0 aliphatic carbocycles. The number of carbonyl (C=O) groups is 1. The van der Waals surface area contributed by atoms with Crippen molar-refractivity contribution in [3.05, 3.63) is 47.5 Å². The highest BCUT2D eigenvalue weighted by atomic mass is 32.2. The molecule has 0 bridgehead atoms. The first-order valence-corrected chi connectivity index (χ1v) is 10.0. The van der Waals surface area contributed by atoms with E-state index in [0.29, 0.717) is 11.1 Å². The largest absolute Gasteiger partial charge is 0.495 e. The quantitative estimate of drug-likeness (QED) is 0.639. The molecule has 142 valence electrons. The smallest absolute Gasteiger partial charge is 0.307 e. The summed E-state index contributed by atoms with van der Waals surface area (Å²) >= 11 is 1.10. The summed E-state index contributed by atoms with van der Waals surface area (Å²) in [4.78, 5) is 10.9. The van der Waals surface area contributed by atoms with Crippen molar-refractivity contribution in [3.8, 4) is 5.75 Å². The van der Waals surface area contributed by atoms with Gasteiger partial charge in [0.05, 0.1) is 25.3 Å². The van der Waals surface area contributed by atoms with Gasteiger partial charge in [0, 0.05) is 13.6 Å². The highest BCUT2D eigenvalue weighted by Crippen LogP contribution is 2.28. The van der Waals surface area contributed by atoms with Gasteiger partial charge in [0.1, 0.15) is 21.7 Å². The fourth-order valence-electron chi connectivity index (χ4n) is 2.64. The van der Waals surface area contributed by atoms with Gasteiger partial charge >= 0.3 is 5.97 Å². The van der Waals surface area contributed by atoms with Crippen molar-refractivity contribution in [3.63, 3.8) is 0 Å². The molecule has 3 rings (SSSR count). The van der Waals surface area contributed by atoms with Crippen molar-refractivity contribution >= 4 is 38.8 Å². The number of aliphatic carboxylic acids is 1. The number of hydrogen-bond donors (Lipinski definition) is 1. The molecular formula is C17H17N3O5S2. The first-order chi connectivity index (χ1) is 12.8. The van der Waals surface area contributed by atoms with Crippen molar-refractivity contribution in [1.82, 2.24) is 13.1 Å². The van der Waals surface area contributed by atoms with E-state index in [1.165, 1.54) is 36.7 Å². The van der Waals surface area contributed by atoms with E-state index in [1.54, 1.807) is 18.2 Å². The van der Waals surface area contributed by atoms with E-state index in [0.717, 1.165) is 22.8 Å². The van der Waals surface area contributed by atoms with Gasteiger partial charge in [0.25, 0.3) is 0 Å². The Hall–Kier alpha value is -2.56. The van der Waals surface area contributed by atoms with Crippen LogP contribution in [0.2, 0.25) is 0 Å². The second kappa shape index (κ2) is 7.59. The number of nitrogens with zero attached hydrogens (tertiary/aromatic N) is 3. The predicted molar refractivity (Wildman–Crippen MR) is 100 cm³/mol. The topological polar surface area (TPSA) is 110 Å². The minimum Gasteiger partial charge on any atom is -0.495 e. The molecule has 0 saturated heterocycles. The van der Waals surface area contributed by atoms with Crippen LogP contribution in [-0.4, -0.2) is 46.7 Å². The van der Waals surface area contributed by atoms with Crippen LogP contribution >= 0.6 is 11.7 Å². The molecule has 0 aliphatic rings. The Morgan fingerprint density at radius 1 is 1.15 bits per heavy atom. The van der Waals surface area contributed by atoms with Crippen molar-refractivity contribution in [2.75, 3.05) is 14.2 Å². The summed E-state index contributed by atoms with van der Waals surface area (Å²) in [5, 5.41) is 8.96. The van der Waals surface area contributed by atoms with Crippen LogP contribution in [0.4, 0.5) is 0 Å². The molecule has 8 nitrogen and oxygen atoms in total. The molecule has 1 N–H and O–H groups in total. The van der Waals surface area contributed by atoms with E-state index in [2.05, 4.69) is 8.75 Å². The molecule has 1 heterocycles. The van der Waals surface area contributed by atoms with Crippen LogP contribution < -0.4 is 4.74 Å². The normalized spacial score (nSPS) is 11.8. The van der Waals surface area contributed by atoms with Gasteiger partial charge in [-0.1, -0.05) is 12.1 Å². The average molecular weight is 407 g/mol. The summed E-state index contributed by atoms with van der Waals surface area (Å²) in [6, 6.07) is 9.73. The highest BCUT2D eigenvalue weighted by molar-refractivity contribution is 7.89. The van der Waals surface area contributed by atoms with E-state index in [9.17, 15) is 13.2 Å². The number of hydrogen-bond acceptors (Lipinski definition) is 7. The maximum absolute atomic E-state index is 13.0. The Morgan fingerprint density at radius 3 is 2.56 bits per heavy atom. The van der Waals surface area contributed by atoms with Crippen LogP contribution in [0.15, 0.2) is 41.3 Å². The zero-order chi connectivity index (χ0) is 19.6. The number of methoxy groups -OCH3 is 1. The molecule has 3 aromatic rings. The number of sulfonamides is 1. The van der Waals surface area contributed by atoms with Crippen LogP contribution in [0.25, 0.3) is 11.0 Å². The minimum absolute atomic E-state index is 0.0670. The Labute approximate surface area is 160 Å². The number of ether oxygens (including phenoxy) is 1. The fourth-order valence-corrected chi connectivity index (χ4v) is 4.52. The summed E-state index contributed by atoms with van der Waals surface area (Å²) < 4.78 is 40.7. The lowest BCUT2D eigenvalue weighted by Crippen LogP contribution is -2.27. The zero-order valence-corrected chi connectivity index (χ0v) is 16.2. The van der Waals surface area contributed by atoms with E-state index < -0.39 is 16.0 Å². The number of rotatable bonds is 7. The molecule has 0 fully saturated rings. The van der Waals surface area contributed by atoms with Crippen molar-refractivity contribution < 1.29 is 23.1 Å². The SMILES string of the molecule is COc1ccc(CC(=O)O)cc1S(=O)(=O)N(C)Cc1ccc2nsnc2c1. The molecule has 0 unspecified atom stereocenters. The van der Waals surface area contributed by atoms with Gasteiger partial charge in [0.2, 0.25) is 10.0 Å². The van der Waals surface area contributed by atoms with Crippen LogP contribution in [0, 0.1) is 0 Å². The van der Waals surface area contributed by atoms with E-state index in [1.807, 2.05) is 0 Å². The van der Waals surface area contributed by atoms with Gasteiger partial charge < -0.3 is 9.84 Å². The molecule has 0 atom stereocenters. The second-order valence-corrected chi connectivity index (χ2v) is 8.45. The van der Waals surface area contributed by atoms with Gasteiger partial charge in [-0.2, -0.15) is 13.1 Å². The molecule has 1 aromatic heterocycles.